The monoisotopic (exact) mass is 219 g/mol. The van der Waals surface area contributed by atoms with Gasteiger partial charge in [-0.1, -0.05) is 22.9 Å². The van der Waals surface area contributed by atoms with Crippen LogP contribution in [0.1, 0.15) is 26.7 Å². The van der Waals surface area contributed by atoms with Crippen LogP contribution in [-0.4, -0.2) is 16.8 Å². The molecule has 0 aromatic carbocycles. The molecule has 1 saturated carbocycles. The van der Waals surface area contributed by atoms with E-state index in [9.17, 15) is 4.79 Å². The summed E-state index contributed by atoms with van der Waals surface area (Å²) in [6.45, 7) is 4.05. The molecule has 0 heterocycles. The smallest absolute Gasteiger partial charge is 0.233 e. The highest BCUT2D eigenvalue weighted by Crippen LogP contribution is 2.26. The van der Waals surface area contributed by atoms with Gasteiger partial charge in [-0.25, -0.2) is 0 Å². The minimum atomic E-state index is -0.0570. The first-order chi connectivity index (χ1) is 5.09. The van der Waals surface area contributed by atoms with Gasteiger partial charge in [0.05, 0.1) is 4.83 Å². The van der Waals surface area contributed by atoms with E-state index in [1.165, 1.54) is 0 Å². The minimum Gasteiger partial charge on any atom is -0.352 e. The number of halogens is 1. The second kappa shape index (κ2) is 3.57. The maximum absolute atomic E-state index is 11.1. The lowest BCUT2D eigenvalue weighted by atomic mass is 9.82. The third-order valence-corrected chi connectivity index (χ3v) is 2.50. The maximum atomic E-state index is 11.1. The zero-order valence-electron chi connectivity index (χ0n) is 6.93. The van der Waals surface area contributed by atoms with Crippen LogP contribution in [0.15, 0.2) is 0 Å². The Hall–Kier alpha value is -0.0500. The van der Waals surface area contributed by atoms with Gasteiger partial charge in [-0.3, -0.25) is 4.79 Å². The molecule has 3 heteroatoms. The van der Waals surface area contributed by atoms with E-state index in [1.54, 1.807) is 0 Å². The van der Waals surface area contributed by atoms with E-state index in [4.69, 9.17) is 0 Å². The molecule has 1 N–H and O–H groups in total. The molecule has 0 aliphatic heterocycles. The van der Waals surface area contributed by atoms with Crippen LogP contribution in [0, 0.1) is 5.92 Å². The number of amides is 1. The molecular weight excluding hydrogens is 206 g/mol. The molecule has 1 aliphatic rings. The van der Waals surface area contributed by atoms with E-state index < -0.39 is 0 Å². The van der Waals surface area contributed by atoms with Crippen molar-refractivity contribution >= 4 is 21.8 Å². The Balaban J connectivity index is 2.17. The van der Waals surface area contributed by atoms with Gasteiger partial charge in [-0.2, -0.15) is 0 Å². The van der Waals surface area contributed by atoms with E-state index in [1.807, 2.05) is 6.92 Å². The summed E-state index contributed by atoms with van der Waals surface area (Å²) in [5.41, 5.74) is 0. The number of alkyl halides is 1. The molecule has 0 unspecified atom stereocenters. The highest BCUT2D eigenvalue weighted by molar-refractivity contribution is 9.10. The number of rotatable bonds is 2. The fourth-order valence-electron chi connectivity index (χ4n) is 1.34. The fourth-order valence-corrected chi connectivity index (χ4v) is 1.47. The van der Waals surface area contributed by atoms with Crippen LogP contribution in [0.5, 0.6) is 0 Å². The molecular formula is C8H14BrNO. The van der Waals surface area contributed by atoms with E-state index >= 15 is 0 Å². The summed E-state index contributed by atoms with van der Waals surface area (Å²) in [6, 6.07) is 0.442. The maximum Gasteiger partial charge on any atom is 0.233 e. The minimum absolute atomic E-state index is 0.0570. The predicted molar refractivity (Wildman–Crippen MR) is 48.7 cm³/mol. The highest BCUT2D eigenvalue weighted by Gasteiger charge is 2.27. The summed E-state index contributed by atoms with van der Waals surface area (Å²) in [7, 11) is 0. The molecule has 11 heavy (non-hydrogen) atoms. The van der Waals surface area contributed by atoms with E-state index in [0.717, 1.165) is 18.8 Å². The molecule has 1 fully saturated rings. The first-order valence-corrected chi connectivity index (χ1v) is 4.95. The van der Waals surface area contributed by atoms with Gasteiger partial charge in [-0.15, -0.1) is 0 Å². The second-order valence-corrected chi connectivity index (χ2v) is 4.77. The van der Waals surface area contributed by atoms with Crippen LogP contribution in [0.4, 0.5) is 0 Å². The van der Waals surface area contributed by atoms with E-state index in [0.29, 0.717) is 6.04 Å². The lowest BCUT2D eigenvalue weighted by Crippen LogP contribution is -2.45. The molecule has 0 aromatic heterocycles. The number of carbonyl (C=O) groups is 1. The molecule has 1 atom stereocenters. The topological polar surface area (TPSA) is 29.1 Å². The molecule has 64 valence electrons. The van der Waals surface area contributed by atoms with Gasteiger partial charge in [0.2, 0.25) is 5.91 Å². The van der Waals surface area contributed by atoms with Crippen LogP contribution in [-0.2, 0) is 4.79 Å². The van der Waals surface area contributed by atoms with Crippen molar-refractivity contribution in [3.8, 4) is 0 Å². The standard InChI is InChI=1S/C8H14BrNO/c1-5-3-7(4-5)10-8(11)6(2)9/h5-7H,3-4H2,1-2H3,(H,10,11)/t5?,6-,7?/m1/s1. The summed E-state index contributed by atoms with van der Waals surface area (Å²) >= 11 is 3.22. The largest absolute Gasteiger partial charge is 0.352 e. The molecule has 1 amide bonds. The quantitative estimate of drug-likeness (QED) is 0.705. The zero-order valence-corrected chi connectivity index (χ0v) is 8.52. The Kier molecular flexibility index (Phi) is 2.93. The van der Waals surface area contributed by atoms with Gasteiger partial charge >= 0.3 is 0 Å². The van der Waals surface area contributed by atoms with Crippen LogP contribution < -0.4 is 5.32 Å². The van der Waals surface area contributed by atoms with Gasteiger partial charge in [-0.05, 0) is 25.7 Å². The summed E-state index contributed by atoms with van der Waals surface area (Å²) in [4.78, 5) is 11.0. The Morgan fingerprint density at radius 3 is 2.55 bits per heavy atom. The van der Waals surface area contributed by atoms with Crippen LogP contribution in [0.2, 0.25) is 0 Å². The molecule has 0 radical (unpaired) electrons. The van der Waals surface area contributed by atoms with Crippen molar-refractivity contribution in [3.63, 3.8) is 0 Å². The van der Waals surface area contributed by atoms with Crippen molar-refractivity contribution in [2.24, 2.45) is 5.92 Å². The molecule has 2 nitrogen and oxygen atoms in total. The fraction of sp³-hybridized carbons (Fsp3) is 0.875. The summed E-state index contributed by atoms with van der Waals surface area (Å²) in [6.07, 6.45) is 2.29. The van der Waals surface area contributed by atoms with Crippen molar-refractivity contribution in [1.82, 2.24) is 5.32 Å². The Labute approximate surface area is 75.9 Å². The summed E-state index contributed by atoms with van der Waals surface area (Å²) in [5, 5.41) is 2.96. The Morgan fingerprint density at radius 2 is 2.18 bits per heavy atom. The van der Waals surface area contributed by atoms with E-state index in [-0.39, 0.29) is 10.7 Å². The molecule has 0 spiro atoms. The van der Waals surface area contributed by atoms with Gasteiger partial charge < -0.3 is 5.32 Å². The first-order valence-electron chi connectivity index (χ1n) is 4.04. The average molecular weight is 220 g/mol. The number of hydrogen-bond acceptors (Lipinski definition) is 1. The van der Waals surface area contributed by atoms with Crippen LogP contribution in [0.25, 0.3) is 0 Å². The van der Waals surface area contributed by atoms with Crippen LogP contribution in [0.3, 0.4) is 0 Å². The Bertz CT molecular complexity index is 152. The Morgan fingerprint density at radius 1 is 1.64 bits per heavy atom. The lowest BCUT2D eigenvalue weighted by Gasteiger charge is -2.33. The van der Waals surface area contributed by atoms with Crippen molar-refractivity contribution in [2.75, 3.05) is 0 Å². The van der Waals surface area contributed by atoms with Gasteiger partial charge in [0.25, 0.3) is 0 Å². The molecule has 1 rings (SSSR count). The van der Waals surface area contributed by atoms with Gasteiger partial charge in [0.1, 0.15) is 0 Å². The second-order valence-electron chi connectivity index (χ2n) is 3.40. The number of carbonyl (C=O) groups excluding carboxylic acids is 1. The first kappa shape index (κ1) is 9.04. The highest BCUT2D eigenvalue weighted by atomic mass is 79.9. The lowest BCUT2D eigenvalue weighted by molar-refractivity contribution is -0.121. The average Bonchev–Trinajstić information content (AvgIpc) is 1.84. The normalized spacial score (nSPS) is 32.3. The number of hydrogen-bond donors (Lipinski definition) is 1. The number of nitrogens with one attached hydrogen (secondary N) is 1. The van der Waals surface area contributed by atoms with Gasteiger partial charge in [0.15, 0.2) is 0 Å². The third kappa shape index (κ3) is 2.47. The van der Waals surface area contributed by atoms with E-state index in [2.05, 4.69) is 28.2 Å². The van der Waals surface area contributed by atoms with Crippen molar-refractivity contribution in [2.45, 2.75) is 37.6 Å². The van der Waals surface area contributed by atoms with Crippen molar-refractivity contribution < 1.29 is 4.79 Å². The molecule has 0 bridgehead atoms. The molecule has 1 aliphatic carbocycles. The zero-order chi connectivity index (χ0) is 8.43. The van der Waals surface area contributed by atoms with Crippen LogP contribution >= 0.6 is 15.9 Å². The predicted octanol–water partition coefficient (Wildman–Crippen LogP) is 1.68. The molecule has 0 aromatic rings. The SMILES string of the molecule is CC1CC(NC(=O)[C@@H](C)Br)C1. The third-order valence-electron chi connectivity index (χ3n) is 2.08. The van der Waals surface area contributed by atoms with Gasteiger partial charge in [0, 0.05) is 6.04 Å². The molecule has 0 saturated heterocycles. The summed E-state index contributed by atoms with van der Waals surface area (Å²) < 4.78 is 0. The van der Waals surface area contributed by atoms with Crippen molar-refractivity contribution in [1.29, 1.82) is 0 Å². The summed E-state index contributed by atoms with van der Waals surface area (Å²) in [5.74, 6) is 0.910. The van der Waals surface area contributed by atoms with Crippen molar-refractivity contribution in [3.05, 3.63) is 0 Å².